The molecule has 0 aromatic carbocycles. The van der Waals surface area contributed by atoms with Crippen LogP contribution in [0.5, 0.6) is 0 Å². The molecule has 0 aliphatic heterocycles. The van der Waals surface area contributed by atoms with E-state index >= 15 is 0 Å². The van der Waals surface area contributed by atoms with E-state index in [0.717, 1.165) is 5.56 Å². The summed E-state index contributed by atoms with van der Waals surface area (Å²) in [6.07, 6.45) is 3.41. The van der Waals surface area contributed by atoms with Gasteiger partial charge in [-0.05, 0) is 18.6 Å². The summed E-state index contributed by atoms with van der Waals surface area (Å²) in [4.78, 5) is 14.9. The summed E-state index contributed by atoms with van der Waals surface area (Å²) in [5.41, 5.74) is 0.937. The summed E-state index contributed by atoms with van der Waals surface area (Å²) < 4.78 is 4.91. The second-order valence-corrected chi connectivity index (χ2v) is 4.81. The van der Waals surface area contributed by atoms with Crippen molar-refractivity contribution >= 4 is 37.8 Å². The fourth-order valence-electron chi connectivity index (χ4n) is 1.05. The minimum absolute atomic E-state index is 0.134. The molecule has 15 heavy (non-hydrogen) atoms. The molecule has 5 heteroatoms. The quantitative estimate of drug-likeness (QED) is 0.627. The normalized spacial score (nSPS) is 14.3. The van der Waals surface area contributed by atoms with Crippen LogP contribution < -0.4 is 0 Å². The molecule has 82 valence electrons. The van der Waals surface area contributed by atoms with E-state index in [4.69, 9.17) is 4.74 Å². The molecule has 0 bridgehead atoms. The van der Waals surface area contributed by atoms with Crippen LogP contribution in [0.4, 0.5) is 0 Å². The summed E-state index contributed by atoms with van der Waals surface area (Å²) in [5.74, 6) is -0.275. The van der Waals surface area contributed by atoms with Crippen LogP contribution in [-0.4, -0.2) is 22.4 Å². The lowest BCUT2D eigenvalue weighted by molar-refractivity contribution is -0.142. The third kappa shape index (κ3) is 3.57. The largest absolute Gasteiger partial charge is 0.465 e. The van der Waals surface area contributed by atoms with E-state index in [2.05, 4.69) is 36.8 Å². The number of hydrogen-bond donors (Lipinski definition) is 0. The predicted octanol–water partition coefficient (Wildman–Crippen LogP) is 2.84. The topological polar surface area (TPSA) is 39.2 Å². The number of carbonyl (C=O) groups excluding carboxylic acids is 1. The SMILES string of the molecule is CCOC(=O)C(Br)C(Br)c1cccnc1. The van der Waals surface area contributed by atoms with Crippen LogP contribution in [-0.2, 0) is 9.53 Å². The van der Waals surface area contributed by atoms with E-state index in [0.29, 0.717) is 6.61 Å². The van der Waals surface area contributed by atoms with Gasteiger partial charge in [0.2, 0.25) is 0 Å². The van der Waals surface area contributed by atoms with Crippen molar-refractivity contribution in [1.29, 1.82) is 0 Å². The van der Waals surface area contributed by atoms with Crippen LogP contribution in [0.3, 0.4) is 0 Å². The third-order valence-electron chi connectivity index (χ3n) is 1.77. The molecule has 0 aliphatic carbocycles. The molecule has 1 heterocycles. The molecule has 0 aliphatic rings. The molecule has 1 rings (SSSR count). The van der Waals surface area contributed by atoms with E-state index in [1.54, 1.807) is 19.3 Å². The number of aromatic nitrogens is 1. The Labute approximate surface area is 105 Å². The number of carbonyl (C=O) groups is 1. The van der Waals surface area contributed by atoms with Crippen LogP contribution in [0.1, 0.15) is 17.3 Å². The van der Waals surface area contributed by atoms with Crippen molar-refractivity contribution in [3.8, 4) is 0 Å². The monoisotopic (exact) mass is 335 g/mol. The van der Waals surface area contributed by atoms with Crippen LogP contribution in [0.2, 0.25) is 0 Å². The van der Waals surface area contributed by atoms with E-state index in [1.165, 1.54) is 0 Å². The molecule has 0 saturated heterocycles. The molecule has 0 amide bonds. The maximum absolute atomic E-state index is 11.4. The number of pyridine rings is 1. The maximum Gasteiger partial charge on any atom is 0.321 e. The highest BCUT2D eigenvalue weighted by Gasteiger charge is 2.26. The van der Waals surface area contributed by atoms with Crippen molar-refractivity contribution in [2.24, 2.45) is 0 Å². The van der Waals surface area contributed by atoms with Gasteiger partial charge < -0.3 is 4.74 Å². The summed E-state index contributed by atoms with van der Waals surface area (Å²) in [7, 11) is 0. The Bertz CT molecular complexity index is 318. The molecule has 0 spiro atoms. The highest BCUT2D eigenvalue weighted by atomic mass is 79.9. The average Bonchev–Trinajstić information content (AvgIpc) is 2.28. The summed E-state index contributed by atoms with van der Waals surface area (Å²) >= 11 is 6.73. The molecule has 1 aromatic rings. The first kappa shape index (κ1) is 12.6. The molecule has 0 N–H and O–H groups in total. The lowest BCUT2D eigenvalue weighted by Crippen LogP contribution is -2.21. The Kier molecular flexibility index (Phi) is 5.25. The lowest BCUT2D eigenvalue weighted by atomic mass is 10.1. The molecule has 0 fully saturated rings. The van der Waals surface area contributed by atoms with Gasteiger partial charge in [0.05, 0.1) is 11.4 Å². The zero-order valence-electron chi connectivity index (χ0n) is 8.19. The second kappa shape index (κ2) is 6.23. The maximum atomic E-state index is 11.4. The Morgan fingerprint density at radius 2 is 2.33 bits per heavy atom. The molecular weight excluding hydrogens is 326 g/mol. The smallest absolute Gasteiger partial charge is 0.321 e. The Morgan fingerprint density at radius 3 is 2.87 bits per heavy atom. The van der Waals surface area contributed by atoms with Crippen molar-refractivity contribution in [3.63, 3.8) is 0 Å². The van der Waals surface area contributed by atoms with Crippen LogP contribution in [0.15, 0.2) is 24.5 Å². The van der Waals surface area contributed by atoms with Crippen LogP contribution in [0.25, 0.3) is 0 Å². The van der Waals surface area contributed by atoms with Gasteiger partial charge in [-0.2, -0.15) is 0 Å². The minimum atomic E-state index is -0.401. The third-order valence-corrected chi connectivity index (χ3v) is 4.44. The van der Waals surface area contributed by atoms with E-state index in [1.807, 2.05) is 12.1 Å². The van der Waals surface area contributed by atoms with E-state index < -0.39 is 4.83 Å². The number of alkyl halides is 2. The Balaban J connectivity index is 2.68. The van der Waals surface area contributed by atoms with Gasteiger partial charge in [0, 0.05) is 12.4 Å². The predicted molar refractivity (Wildman–Crippen MR) is 65.3 cm³/mol. The number of ether oxygens (including phenoxy) is 1. The van der Waals surface area contributed by atoms with Crippen molar-refractivity contribution < 1.29 is 9.53 Å². The fourth-order valence-corrected chi connectivity index (χ4v) is 1.97. The van der Waals surface area contributed by atoms with Crippen molar-refractivity contribution in [2.45, 2.75) is 16.6 Å². The van der Waals surface area contributed by atoms with Crippen molar-refractivity contribution in [2.75, 3.05) is 6.61 Å². The standard InChI is InChI=1S/C10H11Br2NO2/c1-2-15-10(14)9(12)8(11)7-4-3-5-13-6-7/h3-6,8-9H,2H2,1H3. The highest BCUT2D eigenvalue weighted by Crippen LogP contribution is 2.31. The zero-order valence-corrected chi connectivity index (χ0v) is 11.4. The lowest BCUT2D eigenvalue weighted by Gasteiger charge is -2.15. The summed E-state index contributed by atoms with van der Waals surface area (Å²) in [6, 6.07) is 3.73. The van der Waals surface area contributed by atoms with Crippen LogP contribution >= 0.6 is 31.9 Å². The van der Waals surface area contributed by atoms with Gasteiger partial charge in [-0.15, -0.1) is 0 Å². The number of halogens is 2. The summed E-state index contributed by atoms with van der Waals surface area (Å²) in [6.45, 7) is 2.17. The first-order chi connectivity index (χ1) is 7.16. The number of rotatable bonds is 4. The van der Waals surface area contributed by atoms with Gasteiger partial charge in [0.15, 0.2) is 0 Å². The van der Waals surface area contributed by atoms with Gasteiger partial charge >= 0.3 is 5.97 Å². The molecule has 2 atom stereocenters. The second-order valence-electron chi connectivity index (χ2n) is 2.84. The van der Waals surface area contributed by atoms with Gasteiger partial charge in [-0.25, -0.2) is 0 Å². The fraction of sp³-hybridized carbons (Fsp3) is 0.400. The zero-order chi connectivity index (χ0) is 11.3. The Hall–Kier alpha value is -0.420. The molecular formula is C10H11Br2NO2. The molecule has 1 aromatic heterocycles. The summed E-state index contributed by atoms with van der Waals surface area (Å²) in [5, 5.41) is 0. The molecule has 0 saturated carbocycles. The van der Waals surface area contributed by atoms with Gasteiger partial charge in [0.25, 0.3) is 0 Å². The molecule has 2 unspecified atom stereocenters. The van der Waals surface area contributed by atoms with Gasteiger partial charge in [0.1, 0.15) is 4.83 Å². The van der Waals surface area contributed by atoms with Crippen LogP contribution in [0, 0.1) is 0 Å². The first-order valence-corrected chi connectivity index (χ1v) is 6.34. The molecule has 3 nitrogen and oxygen atoms in total. The van der Waals surface area contributed by atoms with E-state index in [9.17, 15) is 4.79 Å². The number of esters is 1. The minimum Gasteiger partial charge on any atom is -0.465 e. The van der Waals surface area contributed by atoms with E-state index in [-0.39, 0.29) is 10.8 Å². The molecule has 0 radical (unpaired) electrons. The number of hydrogen-bond acceptors (Lipinski definition) is 3. The van der Waals surface area contributed by atoms with Crippen molar-refractivity contribution in [3.05, 3.63) is 30.1 Å². The Morgan fingerprint density at radius 1 is 1.60 bits per heavy atom. The van der Waals surface area contributed by atoms with Gasteiger partial charge in [-0.3, -0.25) is 9.78 Å². The average molecular weight is 337 g/mol. The number of nitrogens with zero attached hydrogens (tertiary/aromatic N) is 1. The highest BCUT2D eigenvalue weighted by molar-refractivity contribution is 9.12. The van der Waals surface area contributed by atoms with Crippen molar-refractivity contribution in [1.82, 2.24) is 4.98 Å². The first-order valence-electron chi connectivity index (χ1n) is 4.51. The van der Waals surface area contributed by atoms with Gasteiger partial charge in [-0.1, -0.05) is 37.9 Å².